The van der Waals surface area contributed by atoms with Crippen LogP contribution in [0.5, 0.6) is 0 Å². The van der Waals surface area contributed by atoms with Gasteiger partial charge in [0.25, 0.3) is 5.56 Å². The molecule has 2 fully saturated rings. The third-order valence-electron chi connectivity index (χ3n) is 7.08. The number of halogens is 1. The van der Waals surface area contributed by atoms with Gasteiger partial charge in [0.05, 0.1) is 10.9 Å². The lowest BCUT2D eigenvalue weighted by Gasteiger charge is -2.19. The van der Waals surface area contributed by atoms with Gasteiger partial charge in [-0.3, -0.25) is 25.0 Å². The van der Waals surface area contributed by atoms with Gasteiger partial charge in [-0.15, -0.1) is 0 Å². The Bertz CT molecular complexity index is 1250. The Morgan fingerprint density at radius 3 is 2.69 bits per heavy atom. The van der Waals surface area contributed by atoms with Crippen molar-refractivity contribution in [1.82, 2.24) is 25.3 Å². The first kappa shape index (κ1) is 23.6. The molecule has 0 spiro atoms. The summed E-state index contributed by atoms with van der Waals surface area (Å²) in [4.78, 5) is 32.3. The van der Waals surface area contributed by atoms with E-state index in [0.717, 1.165) is 37.7 Å². The molecule has 2 atom stereocenters. The van der Waals surface area contributed by atoms with Gasteiger partial charge in [-0.1, -0.05) is 24.3 Å². The maximum absolute atomic E-state index is 13.2. The highest BCUT2D eigenvalue weighted by atomic mass is 19.1. The summed E-state index contributed by atoms with van der Waals surface area (Å²) in [7, 11) is 1.84. The van der Waals surface area contributed by atoms with Crippen LogP contribution in [0.3, 0.4) is 0 Å². The van der Waals surface area contributed by atoms with Crippen LogP contribution in [0.25, 0.3) is 10.9 Å². The maximum atomic E-state index is 13.2. The molecule has 2 aromatic carbocycles. The zero-order valence-electron chi connectivity index (χ0n) is 20.0. The Morgan fingerprint density at radius 2 is 1.91 bits per heavy atom. The van der Waals surface area contributed by atoms with Crippen LogP contribution in [-0.2, 0) is 11.2 Å². The molecule has 5 rings (SSSR count). The van der Waals surface area contributed by atoms with Gasteiger partial charge in [0, 0.05) is 44.6 Å². The van der Waals surface area contributed by atoms with Gasteiger partial charge in [-0.2, -0.15) is 0 Å². The molecule has 7 nitrogen and oxygen atoms in total. The Kier molecular flexibility index (Phi) is 6.92. The second-order valence-electron chi connectivity index (χ2n) is 9.73. The molecule has 1 aliphatic carbocycles. The number of hydrogen-bond acceptors (Lipinski definition) is 5. The van der Waals surface area contributed by atoms with Crippen LogP contribution in [0.1, 0.15) is 62.0 Å². The minimum atomic E-state index is -0.226. The van der Waals surface area contributed by atoms with Crippen LogP contribution < -0.4 is 16.4 Å². The number of nitrogens with one attached hydrogen (secondary N) is 2. The topological polar surface area (TPSA) is 79.3 Å². The van der Waals surface area contributed by atoms with Crippen molar-refractivity contribution in [2.75, 3.05) is 13.6 Å². The highest BCUT2D eigenvalue weighted by Gasteiger charge is 2.29. The SMILES string of the molecule is CN(CCCC1CC(c2ccc(F)cc2)NN1)C(=O)CCc1nc2ccccc2c(=O)n1C1CC1. The predicted molar refractivity (Wildman–Crippen MR) is 133 cm³/mol. The number of amides is 1. The number of nitrogens with zero attached hydrogens (tertiary/aromatic N) is 3. The van der Waals surface area contributed by atoms with Crippen molar-refractivity contribution in [3.63, 3.8) is 0 Å². The summed E-state index contributed by atoms with van der Waals surface area (Å²) in [6.45, 7) is 0.679. The minimum absolute atomic E-state index is 0.00511. The first-order valence-corrected chi connectivity index (χ1v) is 12.5. The summed E-state index contributed by atoms with van der Waals surface area (Å²) in [5.41, 5.74) is 8.39. The molecular weight excluding hydrogens is 445 g/mol. The van der Waals surface area contributed by atoms with Crippen LogP contribution in [0.2, 0.25) is 0 Å². The van der Waals surface area contributed by atoms with Crippen molar-refractivity contribution in [2.24, 2.45) is 0 Å². The largest absolute Gasteiger partial charge is 0.346 e. The summed E-state index contributed by atoms with van der Waals surface area (Å²) in [5.74, 6) is 0.554. The number of fused-ring (bicyclic) bond motifs is 1. The number of aryl methyl sites for hydroxylation is 1. The molecule has 0 bridgehead atoms. The molecular formula is C27H32FN5O2. The van der Waals surface area contributed by atoms with E-state index >= 15 is 0 Å². The van der Waals surface area contributed by atoms with E-state index in [1.165, 1.54) is 12.1 Å². The quantitative estimate of drug-likeness (QED) is 0.492. The van der Waals surface area contributed by atoms with E-state index in [1.54, 1.807) is 4.90 Å². The Labute approximate surface area is 204 Å². The van der Waals surface area contributed by atoms with Crippen LogP contribution >= 0.6 is 0 Å². The number of aromatic nitrogens is 2. The lowest BCUT2D eigenvalue weighted by molar-refractivity contribution is -0.130. The summed E-state index contributed by atoms with van der Waals surface area (Å²) in [6, 6.07) is 14.7. The van der Waals surface area contributed by atoms with Gasteiger partial charge < -0.3 is 4.90 Å². The number of benzene rings is 2. The standard InChI is InChI=1S/C27H32FN5O2/c1-32(16-4-5-20-17-24(31-30-20)18-8-10-19(28)11-9-18)26(34)15-14-25-29-23-7-3-2-6-22(23)27(35)33(25)21-12-13-21/h2-3,6-11,20-21,24,30-31H,4-5,12-17H2,1H3. The van der Waals surface area contributed by atoms with Gasteiger partial charge in [0.15, 0.2) is 0 Å². The van der Waals surface area contributed by atoms with Gasteiger partial charge in [0.2, 0.25) is 5.91 Å². The second kappa shape index (κ2) is 10.3. The maximum Gasteiger partial charge on any atom is 0.261 e. The Hall–Kier alpha value is -3.10. The van der Waals surface area contributed by atoms with Crippen molar-refractivity contribution in [3.8, 4) is 0 Å². The zero-order chi connectivity index (χ0) is 24.4. The van der Waals surface area contributed by atoms with Crippen LogP contribution in [0.4, 0.5) is 4.39 Å². The van der Waals surface area contributed by atoms with E-state index in [9.17, 15) is 14.0 Å². The fourth-order valence-corrected chi connectivity index (χ4v) is 4.91. The van der Waals surface area contributed by atoms with Gasteiger partial charge in [0.1, 0.15) is 11.6 Å². The van der Waals surface area contributed by atoms with Crippen LogP contribution in [0, 0.1) is 5.82 Å². The van der Waals surface area contributed by atoms with Crippen molar-refractivity contribution in [3.05, 3.63) is 76.1 Å². The third kappa shape index (κ3) is 5.44. The lowest BCUT2D eigenvalue weighted by Crippen LogP contribution is -2.33. The summed E-state index contributed by atoms with van der Waals surface area (Å²) in [6.07, 6.45) is 5.54. The number of carbonyl (C=O) groups is 1. The molecule has 1 amide bonds. The van der Waals surface area contributed by atoms with Crippen LogP contribution in [-0.4, -0.2) is 40.0 Å². The lowest BCUT2D eigenvalue weighted by atomic mass is 9.99. The van der Waals surface area contributed by atoms with Crippen molar-refractivity contribution in [2.45, 2.75) is 63.1 Å². The predicted octanol–water partition coefficient (Wildman–Crippen LogP) is 3.65. The summed E-state index contributed by atoms with van der Waals surface area (Å²) >= 11 is 0. The fraction of sp³-hybridized carbons (Fsp3) is 0.444. The Balaban J connectivity index is 1.11. The van der Waals surface area contributed by atoms with E-state index in [2.05, 4.69) is 10.9 Å². The molecule has 1 aliphatic heterocycles. The Morgan fingerprint density at radius 1 is 1.14 bits per heavy atom. The molecule has 2 unspecified atom stereocenters. The molecule has 184 valence electrons. The third-order valence-corrected chi connectivity index (χ3v) is 7.08. The molecule has 1 saturated carbocycles. The summed E-state index contributed by atoms with van der Waals surface area (Å²) in [5, 5.41) is 0.642. The van der Waals surface area contributed by atoms with Gasteiger partial charge in [-0.05, 0) is 61.9 Å². The molecule has 1 saturated heterocycles. The van der Waals surface area contributed by atoms with E-state index in [4.69, 9.17) is 4.98 Å². The molecule has 35 heavy (non-hydrogen) atoms. The van der Waals surface area contributed by atoms with Crippen LogP contribution in [0.15, 0.2) is 53.3 Å². The number of para-hydroxylation sites is 1. The number of carbonyl (C=O) groups excluding carboxylic acids is 1. The van der Waals surface area contributed by atoms with Crippen molar-refractivity contribution < 1.29 is 9.18 Å². The number of hydrogen-bond donors (Lipinski definition) is 2. The second-order valence-corrected chi connectivity index (χ2v) is 9.73. The number of rotatable bonds is 9. The monoisotopic (exact) mass is 477 g/mol. The minimum Gasteiger partial charge on any atom is -0.346 e. The van der Waals surface area contributed by atoms with E-state index in [-0.39, 0.29) is 29.4 Å². The van der Waals surface area contributed by atoms with Gasteiger partial charge >= 0.3 is 0 Å². The molecule has 1 aromatic heterocycles. The summed E-state index contributed by atoms with van der Waals surface area (Å²) < 4.78 is 15.0. The highest BCUT2D eigenvalue weighted by molar-refractivity contribution is 5.78. The van der Waals surface area contributed by atoms with Gasteiger partial charge in [-0.25, -0.2) is 9.37 Å². The molecule has 8 heteroatoms. The molecule has 2 heterocycles. The number of hydrazine groups is 1. The average molecular weight is 478 g/mol. The molecule has 2 aliphatic rings. The van der Waals surface area contributed by atoms with Crippen molar-refractivity contribution in [1.29, 1.82) is 0 Å². The average Bonchev–Trinajstić information content (AvgIpc) is 3.59. The normalized spacial score (nSPS) is 19.8. The molecule has 2 N–H and O–H groups in total. The van der Waals surface area contributed by atoms with Crippen molar-refractivity contribution >= 4 is 16.8 Å². The highest BCUT2D eigenvalue weighted by Crippen LogP contribution is 2.35. The van der Waals surface area contributed by atoms with E-state index in [0.29, 0.717) is 42.2 Å². The zero-order valence-corrected chi connectivity index (χ0v) is 20.0. The fourth-order valence-electron chi connectivity index (χ4n) is 4.91. The van der Waals surface area contributed by atoms with E-state index in [1.807, 2.05) is 48.0 Å². The van der Waals surface area contributed by atoms with E-state index < -0.39 is 0 Å². The smallest absolute Gasteiger partial charge is 0.261 e. The first-order chi connectivity index (χ1) is 17.0. The molecule has 0 radical (unpaired) electrons. The molecule has 3 aromatic rings. The first-order valence-electron chi connectivity index (χ1n) is 12.5.